The number of hydrogen-bond donors (Lipinski definition) is 0. The molecule has 82 valence electrons. The molecule has 1 aromatic rings. The van der Waals surface area contributed by atoms with Crippen molar-refractivity contribution in [3.8, 4) is 0 Å². The van der Waals surface area contributed by atoms with Crippen LogP contribution in [0, 0.1) is 13.8 Å². The number of rotatable bonds is 4. The van der Waals surface area contributed by atoms with E-state index < -0.39 is 0 Å². The number of ketones is 1. The summed E-state index contributed by atoms with van der Waals surface area (Å²) >= 11 is 1.77. The van der Waals surface area contributed by atoms with Crippen molar-refractivity contribution in [3.05, 3.63) is 29.3 Å². The second kappa shape index (κ2) is 5.36. The lowest BCUT2D eigenvalue weighted by molar-refractivity contribution is -0.116. The number of thioether (sulfide) groups is 1. The molecule has 0 fully saturated rings. The summed E-state index contributed by atoms with van der Waals surface area (Å²) in [6.07, 6.45) is 0.650. The van der Waals surface area contributed by atoms with Crippen LogP contribution in [0.25, 0.3) is 0 Å². The van der Waals surface area contributed by atoms with Gasteiger partial charge in [0.15, 0.2) is 0 Å². The van der Waals surface area contributed by atoms with Gasteiger partial charge < -0.3 is 0 Å². The van der Waals surface area contributed by atoms with Gasteiger partial charge in [-0.15, -0.1) is 11.8 Å². The van der Waals surface area contributed by atoms with Crippen molar-refractivity contribution in [1.29, 1.82) is 0 Å². The molecule has 0 saturated carbocycles. The van der Waals surface area contributed by atoms with Gasteiger partial charge in [-0.2, -0.15) is 0 Å². The lowest BCUT2D eigenvalue weighted by Crippen LogP contribution is -2.02. The van der Waals surface area contributed by atoms with Gasteiger partial charge in [0.2, 0.25) is 0 Å². The molecule has 1 nitrogen and oxygen atoms in total. The molecule has 0 N–H and O–H groups in total. The van der Waals surface area contributed by atoms with Crippen LogP contribution in [0.3, 0.4) is 0 Å². The van der Waals surface area contributed by atoms with Gasteiger partial charge in [-0.25, -0.2) is 0 Å². The summed E-state index contributed by atoms with van der Waals surface area (Å²) in [6.45, 7) is 7.98. The molecule has 15 heavy (non-hydrogen) atoms. The molecule has 0 amide bonds. The van der Waals surface area contributed by atoms with Crippen LogP contribution in [0.4, 0.5) is 0 Å². The van der Waals surface area contributed by atoms with Crippen molar-refractivity contribution >= 4 is 17.5 Å². The van der Waals surface area contributed by atoms with Crippen LogP contribution in [-0.2, 0) is 4.79 Å². The van der Waals surface area contributed by atoms with Crippen molar-refractivity contribution < 1.29 is 4.79 Å². The highest BCUT2D eigenvalue weighted by atomic mass is 32.2. The molecule has 1 rings (SSSR count). The Balaban J connectivity index is 2.64. The summed E-state index contributed by atoms with van der Waals surface area (Å²) in [6, 6.07) is 6.46. The standard InChI is InChI=1S/C13H18OS/c1-9-5-6-13(7-10(9)2)15-12(4)8-11(3)14/h5-7,12H,8H2,1-4H3. The Bertz CT molecular complexity index is 358. The summed E-state index contributed by atoms with van der Waals surface area (Å²) in [7, 11) is 0. The first kappa shape index (κ1) is 12.3. The topological polar surface area (TPSA) is 17.1 Å². The molecule has 2 heteroatoms. The SMILES string of the molecule is CC(=O)CC(C)Sc1ccc(C)c(C)c1. The monoisotopic (exact) mass is 222 g/mol. The predicted molar refractivity (Wildman–Crippen MR) is 66.5 cm³/mol. The van der Waals surface area contributed by atoms with Crippen molar-refractivity contribution in [2.75, 3.05) is 0 Å². The number of carbonyl (C=O) groups excluding carboxylic acids is 1. The normalized spacial score (nSPS) is 12.5. The van der Waals surface area contributed by atoms with Crippen LogP contribution in [0.15, 0.2) is 23.1 Å². The largest absolute Gasteiger partial charge is 0.300 e. The lowest BCUT2D eigenvalue weighted by Gasteiger charge is -2.10. The molecular weight excluding hydrogens is 204 g/mol. The van der Waals surface area contributed by atoms with Gasteiger partial charge in [0.1, 0.15) is 5.78 Å². The summed E-state index contributed by atoms with van der Waals surface area (Å²) in [5.41, 5.74) is 2.63. The van der Waals surface area contributed by atoms with E-state index in [2.05, 4.69) is 39.0 Å². The minimum atomic E-state index is 0.263. The predicted octanol–water partition coefficient (Wildman–Crippen LogP) is 3.76. The zero-order chi connectivity index (χ0) is 11.4. The number of hydrogen-bond acceptors (Lipinski definition) is 2. The van der Waals surface area contributed by atoms with Crippen LogP contribution < -0.4 is 0 Å². The fraction of sp³-hybridized carbons (Fsp3) is 0.462. The molecule has 0 saturated heterocycles. The molecule has 0 aliphatic heterocycles. The van der Waals surface area contributed by atoms with Gasteiger partial charge in [-0.3, -0.25) is 4.79 Å². The average Bonchev–Trinajstić information content (AvgIpc) is 2.10. The number of carbonyl (C=O) groups is 1. The average molecular weight is 222 g/mol. The quantitative estimate of drug-likeness (QED) is 0.721. The highest BCUT2D eigenvalue weighted by molar-refractivity contribution is 8.00. The number of Topliss-reactive ketones (excluding diaryl/α,β-unsaturated/α-hetero) is 1. The molecule has 1 aromatic carbocycles. The maximum atomic E-state index is 11.0. The highest BCUT2D eigenvalue weighted by Crippen LogP contribution is 2.26. The fourth-order valence-corrected chi connectivity index (χ4v) is 2.64. The Morgan fingerprint density at radius 1 is 1.33 bits per heavy atom. The van der Waals surface area contributed by atoms with E-state index in [-0.39, 0.29) is 5.78 Å². The fourth-order valence-electron chi connectivity index (χ4n) is 1.47. The van der Waals surface area contributed by atoms with Gasteiger partial charge in [-0.05, 0) is 44.0 Å². The first-order valence-electron chi connectivity index (χ1n) is 5.22. The molecule has 1 atom stereocenters. The second-order valence-electron chi connectivity index (χ2n) is 4.08. The van der Waals surface area contributed by atoms with Gasteiger partial charge in [0.05, 0.1) is 0 Å². The molecular formula is C13H18OS. The van der Waals surface area contributed by atoms with Gasteiger partial charge in [-0.1, -0.05) is 13.0 Å². The number of aryl methyl sites for hydroxylation is 2. The number of benzene rings is 1. The third-order valence-corrected chi connectivity index (χ3v) is 3.49. The lowest BCUT2D eigenvalue weighted by atomic mass is 10.1. The van der Waals surface area contributed by atoms with E-state index in [0.717, 1.165) is 0 Å². The van der Waals surface area contributed by atoms with E-state index in [4.69, 9.17) is 0 Å². The Morgan fingerprint density at radius 3 is 2.53 bits per heavy atom. The summed E-state index contributed by atoms with van der Waals surface area (Å²) in [5, 5.41) is 0.365. The molecule has 0 radical (unpaired) electrons. The van der Waals surface area contributed by atoms with Gasteiger partial charge >= 0.3 is 0 Å². The molecule has 0 aliphatic rings. The van der Waals surface area contributed by atoms with E-state index in [1.807, 2.05) is 0 Å². The Hall–Kier alpha value is -0.760. The maximum absolute atomic E-state index is 11.0. The summed E-state index contributed by atoms with van der Waals surface area (Å²) in [4.78, 5) is 12.2. The van der Waals surface area contributed by atoms with Crippen molar-refractivity contribution in [2.24, 2.45) is 0 Å². The third-order valence-electron chi connectivity index (χ3n) is 2.39. The van der Waals surface area contributed by atoms with Crippen LogP contribution in [0.5, 0.6) is 0 Å². The van der Waals surface area contributed by atoms with Crippen molar-refractivity contribution in [3.63, 3.8) is 0 Å². The Morgan fingerprint density at radius 2 is 2.00 bits per heavy atom. The smallest absolute Gasteiger partial charge is 0.130 e. The van der Waals surface area contributed by atoms with Crippen LogP contribution >= 0.6 is 11.8 Å². The highest BCUT2D eigenvalue weighted by Gasteiger charge is 2.07. The second-order valence-corrected chi connectivity index (χ2v) is 5.59. The summed E-state index contributed by atoms with van der Waals surface area (Å²) < 4.78 is 0. The molecule has 1 unspecified atom stereocenters. The van der Waals surface area contributed by atoms with Crippen molar-refractivity contribution in [2.45, 2.75) is 44.3 Å². The third kappa shape index (κ3) is 4.08. The van der Waals surface area contributed by atoms with Gasteiger partial charge in [0, 0.05) is 16.6 Å². The van der Waals surface area contributed by atoms with Crippen molar-refractivity contribution in [1.82, 2.24) is 0 Å². The van der Waals surface area contributed by atoms with E-state index in [1.54, 1.807) is 18.7 Å². The van der Waals surface area contributed by atoms with E-state index >= 15 is 0 Å². The molecule has 0 heterocycles. The van der Waals surface area contributed by atoms with E-state index in [0.29, 0.717) is 11.7 Å². The minimum Gasteiger partial charge on any atom is -0.300 e. The first-order valence-corrected chi connectivity index (χ1v) is 6.10. The first-order chi connectivity index (χ1) is 6.99. The maximum Gasteiger partial charge on any atom is 0.130 e. The molecule has 0 aliphatic carbocycles. The zero-order valence-electron chi connectivity index (χ0n) is 9.83. The zero-order valence-corrected chi connectivity index (χ0v) is 10.6. The van der Waals surface area contributed by atoms with Gasteiger partial charge in [0.25, 0.3) is 0 Å². The Kier molecular flexibility index (Phi) is 4.40. The van der Waals surface area contributed by atoms with Crippen LogP contribution in [0.1, 0.15) is 31.4 Å². The van der Waals surface area contributed by atoms with E-state index in [1.165, 1.54) is 16.0 Å². The molecule has 0 bridgehead atoms. The molecule has 0 aromatic heterocycles. The van der Waals surface area contributed by atoms with Crippen LogP contribution in [0.2, 0.25) is 0 Å². The van der Waals surface area contributed by atoms with Crippen LogP contribution in [-0.4, -0.2) is 11.0 Å². The van der Waals surface area contributed by atoms with E-state index in [9.17, 15) is 4.79 Å². The minimum absolute atomic E-state index is 0.263. The Labute approximate surface area is 96.3 Å². The molecule has 0 spiro atoms. The summed E-state index contributed by atoms with van der Waals surface area (Å²) in [5.74, 6) is 0.263.